The molecule has 1 heterocycles. The van der Waals surface area contributed by atoms with Crippen LogP contribution >= 0.6 is 11.6 Å². The molecule has 0 aliphatic rings. The first-order valence-corrected chi connectivity index (χ1v) is 7.75. The van der Waals surface area contributed by atoms with E-state index in [1.807, 2.05) is 4.68 Å². The van der Waals surface area contributed by atoms with Gasteiger partial charge in [-0.2, -0.15) is 5.10 Å². The van der Waals surface area contributed by atoms with E-state index in [1.54, 1.807) is 12.1 Å². The molecular weight excluding hydrogens is 289 g/mol. The second kappa shape index (κ2) is 7.05. The van der Waals surface area contributed by atoms with Gasteiger partial charge in [-0.1, -0.05) is 32.4 Å². The number of aryl methyl sites for hydroxylation is 1. The van der Waals surface area contributed by atoms with Crippen LogP contribution < -0.4 is 5.32 Å². The Bertz CT molecular complexity index is 622. The molecule has 0 spiro atoms. The molecule has 1 N–H and O–H groups in total. The minimum atomic E-state index is -0.419. The second-order valence-electron chi connectivity index (χ2n) is 4.87. The number of hydrogen-bond donors (Lipinski definition) is 1. The molecule has 3 nitrogen and oxygen atoms in total. The lowest BCUT2D eigenvalue weighted by molar-refractivity contribution is 0.625. The van der Waals surface area contributed by atoms with Gasteiger partial charge in [0.25, 0.3) is 0 Å². The van der Waals surface area contributed by atoms with E-state index >= 15 is 0 Å². The Morgan fingerprint density at radius 1 is 1.24 bits per heavy atom. The van der Waals surface area contributed by atoms with Crippen molar-refractivity contribution < 1.29 is 4.39 Å². The van der Waals surface area contributed by atoms with E-state index in [4.69, 9.17) is 11.6 Å². The highest BCUT2D eigenvalue weighted by Crippen LogP contribution is 2.23. The van der Waals surface area contributed by atoms with Gasteiger partial charge in [0.15, 0.2) is 0 Å². The summed E-state index contributed by atoms with van der Waals surface area (Å²) in [6.07, 6.45) is 1.70. The highest BCUT2D eigenvalue weighted by molar-refractivity contribution is 6.30. The van der Waals surface area contributed by atoms with Crippen LogP contribution in [0.2, 0.25) is 5.02 Å². The molecule has 0 fully saturated rings. The molecule has 0 aliphatic heterocycles. The topological polar surface area (TPSA) is 29.9 Å². The molecule has 5 heteroatoms. The Kier molecular flexibility index (Phi) is 5.37. The summed E-state index contributed by atoms with van der Waals surface area (Å²) in [5, 5.41) is 8.14. The van der Waals surface area contributed by atoms with Crippen LogP contribution in [0.3, 0.4) is 0 Å². The summed E-state index contributed by atoms with van der Waals surface area (Å²) in [6, 6.07) is 4.81. The lowest BCUT2D eigenvalue weighted by Gasteiger charge is -2.09. The summed E-state index contributed by atoms with van der Waals surface area (Å²) in [5.41, 5.74) is 4.11. The lowest BCUT2D eigenvalue weighted by atomic mass is 10.1. The summed E-state index contributed by atoms with van der Waals surface area (Å²) in [6.45, 7) is 7.96. The zero-order valence-electron chi connectivity index (χ0n) is 12.7. The maximum Gasteiger partial charge on any atom is 0.143 e. The molecule has 2 rings (SSSR count). The molecule has 1 aromatic heterocycles. The fourth-order valence-electron chi connectivity index (χ4n) is 2.47. The van der Waals surface area contributed by atoms with Crippen molar-refractivity contribution in [3.8, 4) is 5.69 Å². The first kappa shape index (κ1) is 16.0. The van der Waals surface area contributed by atoms with Gasteiger partial charge in [-0.15, -0.1) is 0 Å². The van der Waals surface area contributed by atoms with Crippen molar-refractivity contribution in [2.24, 2.45) is 0 Å². The number of nitrogens with zero attached hydrogens (tertiary/aromatic N) is 2. The van der Waals surface area contributed by atoms with Gasteiger partial charge in [0, 0.05) is 23.9 Å². The third kappa shape index (κ3) is 3.27. The normalized spacial score (nSPS) is 11.1. The van der Waals surface area contributed by atoms with Crippen LogP contribution in [0.5, 0.6) is 0 Å². The third-order valence-corrected chi connectivity index (χ3v) is 3.85. The average molecular weight is 310 g/mol. The molecule has 0 unspecified atom stereocenters. The van der Waals surface area contributed by atoms with Crippen molar-refractivity contribution in [1.29, 1.82) is 0 Å². The highest BCUT2D eigenvalue weighted by Gasteiger charge is 2.16. The maximum atomic E-state index is 13.7. The predicted octanol–water partition coefficient (Wildman–Crippen LogP) is 3.90. The first-order chi connectivity index (χ1) is 10.1. The van der Waals surface area contributed by atoms with Crippen molar-refractivity contribution >= 4 is 11.6 Å². The number of halogens is 2. The molecule has 0 atom stereocenters. The van der Waals surface area contributed by atoms with Crippen LogP contribution in [0.15, 0.2) is 18.2 Å². The Morgan fingerprint density at radius 3 is 2.57 bits per heavy atom. The van der Waals surface area contributed by atoms with Crippen molar-refractivity contribution in [1.82, 2.24) is 15.1 Å². The van der Waals surface area contributed by atoms with Crippen molar-refractivity contribution in [2.45, 2.75) is 40.2 Å². The van der Waals surface area contributed by atoms with Crippen molar-refractivity contribution in [2.75, 3.05) is 6.54 Å². The van der Waals surface area contributed by atoms with E-state index in [0.29, 0.717) is 5.69 Å². The first-order valence-electron chi connectivity index (χ1n) is 7.38. The van der Waals surface area contributed by atoms with Crippen LogP contribution in [-0.4, -0.2) is 16.3 Å². The largest absolute Gasteiger partial charge is 0.313 e. The molecule has 0 bridgehead atoms. The van der Waals surface area contributed by atoms with Gasteiger partial charge >= 0.3 is 0 Å². The number of nitrogens with one attached hydrogen (secondary N) is 1. The monoisotopic (exact) mass is 309 g/mol. The summed E-state index contributed by atoms with van der Waals surface area (Å²) in [4.78, 5) is 0. The number of rotatable bonds is 6. The van der Waals surface area contributed by atoms with Crippen LogP contribution in [-0.2, 0) is 19.4 Å². The van der Waals surface area contributed by atoms with Gasteiger partial charge in [-0.05, 0) is 31.5 Å². The highest BCUT2D eigenvalue weighted by atomic mass is 35.5. The van der Waals surface area contributed by atoms with Gasteiger partial charge in [-0.25, -0.2) is 9.07 Å². The fraction of sp³-hybridized carbons (Fsp3) is 0.438. The van der Waals surface area contributed by atoms with Crippen LogP contribution in [0.25, 0.3) is 5.69 Å². The van der Waals surface area contributed by atoms with E-state index in [2.05, 4.69) is 31.2 Å². The molecular formula is C16H21ClFN3. The van der Waals surface area contributed by atoms with E-state index in [1.165, 1.54) is 11.6 Å². The van der Waals surface area contributed by atoms with Gasteiger partial charge in [0.2, 0.25) is 0 Å². The van der Waals surface area contributed by atoms with E-state index < -0.39 is 5.82 Å². The summed E-state index contributed by atoms with van der Waals surface area (Å²) in [7, 11) is 0. The summed E-state index contributed by atoms with van der Waals surface area (Å²) < 4.78 is 15.5. The number of hydrogen-bond acceptors (Lipinski definition) is 2. The van der Waals surface area contributed by atoms with E-state index in [-0.39, 0.29) is 5.02 Å². The minimum Gasteiger partial charge on any atom is -0.313 e. The van der Waals surface area contributed by atoms with Gasteiger partial charge < -0.3 is 5.32 Å². The molecule has 0 saturated carbocycles. The zero-order chi connectivity index (χ0) is 15.4. The Balaban J connectivity index is 2.52. The number of benzene rings is 1. The van der Waals surface area contributed by atoms with Gasteiger partial charge in [-0.3, -0.25) is 0 Å². The fourth-order valence-corrected chi connectivity index (χ4v) is 2.59. The molecule has 114 valence electrons. The lowest BCUT2D eigenvalue weighted by Crippen LogP contribution is -2.14. The Hall–Kier alpha value is -1.39. The molecule has 0 aliphatic carbocycles. The van der Waals surface area contributed by atoms with Crippen LogP contribution in [0, 0.1) is 5.82 Å². The third-order valence-electron chi connectivity index (χ3n) is 3.54. The molecule has 0 saturated heterocycles. The average Bonchev–Trinajstić information content (AvgIpc) is 2.85. The maximum absolute atomic E-state index is 13.7. The molecule has 1 aromatic carbocycles. The summed E-state index contributed by atoms with van der Waals surface area (Å²) >= 11 is 5.76. The predicted molar refractivity (Wildman–Crippen MR) is 84.7 cm³/mol. The SMILES string of the molecule is CCNCc1c(CC)nn(-c2ccc(Cl)c(F)c2)c1CC. The molecule has 2 aromatic rings. The standard InChI is InChI=1S/C16H21ClFN3/c1-4-15-12(10-19-6-3)16(5-2)21(20-15)11-7-8-13(17)14(18)9-11/h7-9,19H,4-6,10H2,1-3H3. The molecule has 21 heavy (non-hydrogen) atoms. The molecule has 0 radical (unpaired) electrons. The van der Waals surface area contributed by atoms with E-state index in [9.17, 15) is 4.39 Å². The van der Waals surface area contributed by atoms with Crippen molar-refractivity contribution in [3.05, 3.63) is 46.0 Å². The van der Waals surface area contributed by atoms with Gasteiger partial charge in [0.1, 0.15) is 5.82 Å². The quantitative estimate of drug-likeness (QED) is 0.877. The smallest absolute Gasteiger partial charge is 0.143 e. The molecule has 0 amide bonds. The van der Waals surface area contributed by atoms with Gasteiger partial charge in [0.05, 0.1) is 16.4 Å². The Morgan fingerprint density at radius 2 is 2.00 bits per heavy atom. The number of aromatic nitrogens is 2. The van der Waals surface area contributed by atoms with Crippen LogP contribution in [0.4, 0.5) is 4.39 Å². The van der Waals surface area contributed by atoms with Crippen molar-refractivity contribution in [3.63, 3.8) is 0 Å². The minimum absolute atomic E-state index is 0.132. The summed E-state index contributed by atoms with van der Waals surface area (Å²) in [5.74, 6) is -0.419. The second-order valence-corrected chi connectivity index (χ2v) is 5.28. The zero-order valence-corrected chi connectivity index (χ0v) is 13.5. The van der Waals surface area contributed by atoms with E-state index in [0.717, 1.165) is 37.3 Å². The van der Waals surface area contributed by atoms with Crippen LogP contribution in [0.1, 0.15) is 37.7 Å². The Labute approximate surface area is 130 Å².